The van der Waals surface area contributed by atoms with Gasteiger partial charge in [-0.05, 0) is 37.5 Å². The maximum absolute atomic E-state index is 13.2. The van der Waals surface area contributed by atoms with Gasteiger partial charge in [-0.2, -0.15) is 13.2 Å². The molecule has 0 radical (unpaired) electrons. The lowest BCUT2D eigenvalue weighted by molar-refractivity contribution is -0.137. The van der Waals surface area contributed by atoms with Crippen LogP contribution in [0.2, 0.25) is 0 Å². The fourth-order valence-corrected chi connectivity index (χ4v) is 3.55. The number of aromatic nitrogens is 4. The van der Waals surface area contributed by atoms with Crippen LogP contribution >= 0.6 is 0 Å². The predicted octanol–water partition coefficient (Wildman–Crippen LogP) is 3.25. The molecule has 1 N–H and O–H groups in total. The monoisotopic (exact) mass is 422 g/mol. The molecule has 11 heteroatoms. The third kappa shape index (κ3) is 3.01. The van der Waals surface area contributed by atoms with E-state index in [0.29, 0.717) is 5.52 Å². The first kappa shape index (κ1) is 19.9. The molecule has 30 heavy (non-hydrogen) atoms. The van der Waals surface area contributed by atoms with Gasteiger partial charge in [0, 0.05) is 13.1 Å². The number of alkyl halides is 3. The highest BCUT2D eigenvalue weighted by molar-refractivity contribution is 5.89. The van der Waals surface area contributed by atoms with E-state index in [0.717, 1.165) is 43.1 Å². The molecule has 1 fully saturated rings. The van der Waals surface area contributed by atoms with Gasteiger partial charge in [0.15, 0.2) is 17.3 Å². The number of ether oxygens (including phenoxy) is 1. The van der Waals surface area contributed by atoms with Gasteiger partial charge in [0.1, 0.15) is 0 Å². The molecule has 1 aliphatic rings. The average molecular weight is 422 g/mol. The Balaban J connectivity index is 2.04. The first-order chi connectivity index (χ1) is 14.1. The van der Waals surface area contributed by atoms with Crippen LogP contribution < -0.4 is 10.3 Å². The second kappa shape index (κ2) is 6.85. The lowest BCUT2D eigenvalue weighted by atomic mass is 9.92. The van der Waals surface area contributed by atoms with Crippen LogP contribution in [-0.4, -0.2) is 37.3 Å². The number of nitrogens with zero attached hydrogens (tertiary/aromatic N) is 4. The number of methoxy groups -OCH3 is 1. The van der Waals surface area contributed by atoms with E-state index in [4.69, 9.17) is 4.74 Å². The Kier molecular flexibility index (Phi) is 4.55. The van der Waals surface area contributed by atoms with E-state index in [1.807, 2.05) is 0 Å². The van der Waals surface area contributed by atoms with Gasteiger partial charge in [0.25, 0.3) is 5.56 Å². The number of rotatable bonds is 4. The van der Waals surface area contributed by atoms with Crippen molar-refractivity contribution in [1.29, 1.82) is 0 Å². The van der Waals surface area contributed by atoms with E-state index in [-0.39, 0.29) is 23.2 Å². The molecule has 0 amide bonds. The van der Waals surface area contributed by atoms with Crippen LogP contribution in [-0.2, 0) is 13.2 Å². The Bertz CT molecular complexity index is 1230. The number of imidazole rings is 1. The van der Waals surface area contributed by atoms with Crippen LogP contribution in [0, 0.1) is 0 Å². The van der Waals surface area contributed by atoms with Gasteiger partial charge in [0.2, 0.25) is 5.75 Å². The summed E-state index contributed by atoms with van der Waals surface area (Å²) >= 11 is 0. The summed E-state index contributed by atoms with van der Waals surface area (Å²) in [6, 6.07) is 3.09. The predicted molar refractivity (Wildman–Crippen MR) is 99.6 cm³/mol. The molecule has 1 aromatic carbocycles. The van der Waals surface area contributed by atoms with Gasteiger partial charge in [-0.15, -0.1) is 0 Å². The van der Waals surface area contributed by atoms with Crippen molar-refractivity contribution in [2.75, 3.05) is 7.11 Å². The van der Waals surface area contributed by atoms with Crippen LogP contribution in [0.5, 0.6) is 5.75 Å². The van der Waals surface area contributed by atoms with Crippen molar-refractivity contribution in [3.05, 3.63) is 39.8 Å². The van der Waals surface area contributed by atoms with E-state index in [1.54, 1.807) is 4.57 Å². The summed E-state index contributed by atoms with van der Waals surface area (Å²) in [6.45, 7) is 0. The van der Waals surface area contributed by atoms with Crippen LogP contribution in [0.4, 0.5) is 13.2 Å². The summed E-state index contributed by atoms with van der Waals surface area (Å²) in [5, 5.41) is 9.44. The molecule has 0 saturated heterocycles. The zero-order valence-electron chi connectivity index (χ0n) is 16.0. The molecule has 0 aliphatic heterocycles. The smallest absolute Gasteiger partial charge is 0.416 e. The fourth-order valence-electron chi connectivity index (χ4n) is 3.55. The van der Waals surface area contributed by atoms with Crippen molar-refractivity contribution >= 4 is 17.0 Å². The summed E-state index contributed by atoms with van der Waals surface area (Å²) < 4.78 is 47.4. The number of benzene rings is 1. The summed E-state index contributed by atoms with van der Waals surface area (Å²) in [5.74, 6) is -1.82. The van der Waals surface area contributed by atoms with Crippen molar-refractivity contribution in [1.82, 2.24) is 19.1 Å². The van der Waals surface area contributed by atoms with E-state index in [9.17, 15) is 27.9 Å². The second-order valence-electron chi connectivity index (χ2n) is 7.08. The standard InChI is InChI=1S/C19H17F3N4O4/c1-25-15(24-13(18(28)29)14(30-2)17(25)27)16-23-11-7-6-9(19(20,21)22)8-12(11)26(16)10-4-3-5-10/h6-8,10H,3-5H2,1-2H3,(H,28,29). The highest BCUT2D eigenvalue weighted by atomic mass is 19.4. The molecule has 8 nitrogen and oxygen atoms in total. The fraction of sp³-hybridized carbons (Fsp3) is 0.368. The van der Waals surface area contributed by atoms with Crippen LogP contribution in [0.3, 0.4) is 0 Å². The van der Waals surface area contributed by atoms with Gasteiger partial charge < -0.3 is 14.4 Å². The number of hydrogen-bond acceptors (Lipinski definition) is 5. The van der Waals surface area contributed by atoms with E-state index >= 15 is 0 Å². The largest absolute Gasteiger partial charge is 0.489 e. The molecule has 158 valence electrons. The minimum atomic E-state index is -4.52. The molecule has 1 aliphatic carbocycles. The molecule has 1 saturated carbocycles. The number of carboxylic acid groups (broad SMARTS) is 1. The van der Waals surface area contributed by atoms with Crippen molar-refractivity contribution in [3.63, 3.8) is 0 Å². The van der Waals surface area contributed by atoms with Gasteiger partial charge in [-0.25, -0.2) is 14.8 Å². The average Bonchev–Trinajstić information content (AvgIpc) is 2.99. The third-order valence-electron chi connectivity index (χ3n) is 5.31. The van der Waals surface area contributed by atoms with E-state index in [2.05, 4.69) is 9.97 Å². The Hall–Kier alpha value is -3.37. The second-order valence-corrected chi connectivity index (χ2v) is 7.08. The Morgan fingerprint density at radius 1 is 1.23 bits per heavy atom. The van der Waals surface area contributed by atoms with Crippen LogP contribution in [0.25, 0.3) is 22.7 Å². The highest BCUT2D eigenvalue weighted by Gasteiger charge is 2.33. The molecule has 0 atom stereocenters. The number of aromatic carboxylic acids is 1. The Labute approximate surface area is 167 Å². The molecular formula is C19H17F3N4O4. The van der Waals surface area contributed by atoms with Crippen molar-refractivity contribution in [3.8, 4) is 17.4 Å². The van der Waals surface area contributed by atoms with Crippen LogP contribution in [0.15, 0.2) is 23.0 Å². The minimum absolute atomic E-state index is 0.0603. The summed E-state index contributed by atoms with van der Waals surface area (Å²) in [4.78, 5) is 32.7. The van der Waals surface area contributed by atoms with Gasteiger partial charge in [-0.3, -0.25) is 9.36 Å². The molecule has 2 aromatic heterocycles. The maximum atomic E-state index is 13.2. The zero-order chi connectivity index (χ0) is 21.8. The Morgan fingerprint density at radius 3 is 2.47 bits per heavy atom. The van der Waals surface area contributed by atoms with Crippen LogP contribution in [0.1, 0.15) is 41.4 Å². The first-order valence-electron chi connectivity index (χ1n) is 9.11. The van der Waals surface area contributed by atoms with Gasteiger partial charge in [-0.1, -0.05) is 0 Å². The maximum Gasteiger partial charge on any atom is 0.416 e. The highest BCUT2D eigenvalue weighted by Crippen LogP contribution is 2.40. The quantitative estimate of drug-likeness (QED) is 0.693. The molecule has 3 aromatic rings. The van der Waals surface area contributed by atoms with Crippen molar-refractivity contribution < 1.29 is 27.8 Å². The summed E-state index contributed by atoms with van der Waals surface area (Å²) in [5.41, 5.74) is -1.58. The zero-order valence-corrected chi connectivity index (χ0v) is 16.0. The number of carboxylic acids is 1. The number of halogens is 3. The SMILES string of the molecule is COc1c(C(=O)O)nc(-c2nc3ccc(C(F)(F)F)cc3n2C2CCC2)n(C)c1=O. The van der Waals surface area contributed by atoms with Crippen molar-refractivity contribution in [2.45, 2.75) is 31.5 Å². The van der Waals surface area contributed by atoms with Gasteiger partial charge in [0.05, 0.1) is 23.7 Å². The first-order valence-corrected chi connectivity index (χ1v) is 9.11. The number of fused-ring (bicyclic) bond motifs is 1. The molecule has 0 unspecified atom stereocenters. The molecule has 2 heterocycles. The van der Waals surface area contributed by atoms with E-state index < -0.39 is 34.7 Å². The minimum Gasteiger partial charge on any atom is -0.489 e. The third-order valence-corrected chi connectivity index (χ3v) is 5.31. The van der Waals surface area contributed by atoms with E-state index in [1.165, 1.54) is 13.1 Å². The van der Waals surface area contributed by atoms with Gasteiger partial charge >= 0.3 is 12.1 Å². The normalized spacial score (nSPS) is 14.7. The lowest BCUT2D eigenvalue weighted by Gasteiger charge is -2.29. The lowest BCUT2D eigenvalue weighted by Crippen LogP contribution is -2.27. The molecule has 0 bridgehead atoms. The molecule has 4 rings (SSSR count). The molecule has 0 spiro atoms. The summed E-state index contributed by atoms with van der Waals surface area (Å²) in [7, 11) is 2.54. The number of carbonyl (C=O) groups is 1. The summed E-state index contributed by atoms with van der Waals surface area (Å²) in [6.07, 6.45) is -2.17. The van der Waals surface area contributed by atoms with Crippen molar-refractivity contribution in [2.24, 2.45) is 7.05 Å². The topological polar surface area (TPSA) is 99.2 Å². The molecular weight excluding hydrogens is 405 g/mol. The number of hydrogen-bond donors (Lipinski definition) is 1. The Morgan fingerprint density at radius 2 is 1.93 bits per heavy atom.